The van der Waals surface area contributed by atoms with Crippen molar-refractivity contribution in [3.63, 3.8) is 0 Å². The maximum atomic E-state index is 13.7. The number of benzene rings is 2. The predicted octanol–water partition coefficient (Wildman–Crippen LogP) is 4.89. The lowest BCUT2D eigenvalue weighted by Crippen LogP contribution is -2.23. The molecule has 140 valence electrons. The minimum absolute atomic E-state index is 0.0495. The van der Waals surface area contributed by atoms with E-state index < -0.39 is 16.9 Å². The molecule has 1 aromatic heterocycles. The van der Waals surface area contributed by atoms with Crippen LogP contribution < -0.4 is 5.32 Å². The quantitative estimate of drug-likeness (QED) is 0.634. The number of rotatable bonds is 5. The van der Waals surface area contributed by atoms with Crippen LogP contribution in [0, 0.1) is 25.5 Å². The third-order valence-corrected chi connectivity index (χ3v) is 5.01. The van der Waals surface area contributed by atoms with E-state index in [2.05, 4.69) is 16.4 Å². The Balaban J connectivity index is 1.75. The predicted molar refractivity (Wildman–Crippen MR) is 103 cm³/mol. The van der Waals surface area contributed by atoms with Gasteiger partial charge in [-0.1, -0.05) is 17.8 Å². The van der Waals surface area contributed by atoms with E-state index in [0.717, 1.165) is 28.9 Å². The number of imidazole rings is 1. The van der Waals surface area contributed by atoms with Crippen LogP contribution >= 0.6 is 11.8 Å². The Morgan fingerprint density at radius 3 is 2.52 bits per heavy atom. The summed E-state index contributed by atoms with van der Waals surface area (Å²) >= 11 is 1.26. The Kier molecular flexibility index (Phi) is 5.60. The van der Waals surface area contributed by atoms with Crippen molar-refractivity contribution in [3.8, 4) is 5.69 Å². The summed E-state index contributed by atoms with van der Waals surface area (Å²) in [5.74, 6) is -1.89. The van der Waals surface area contributed by atoms with Gasteiger partial charge in [-0.25, -0.2) is 13.8 Å². The van der Waals surface area contributed by atoms with E-state index in [9.17, 15) is 13.6 Å². The van der Waals surface area contributed by atoms with Gasteiger partial charge in [-0.05, 0) is 56.2 Å². The van der Waals surface area contributed by atoms with E-state index in [1.54, 1.807) is 13.1 Å². The fourth-order valence-electron chi connectivity index (χ4n) is 2.70. The number of nitrogens with zero attached hydrogens (tertiary/aromatic N) is 2. The first-order valence-electron chi connectivity index (χ1n) is 8.38. The van der Waals surface area contributed by atoms with Crippen LogP contribution in [-0.4, -0.2) is 20.7 Å². The summed E-state index contributed by atoms with van der Waals surface area (Å²) in [4.78, 5) is 16.7. The largest absolute Gasteiger partial charge is 0.323 e. The molecular weight excluding hydrogens is 368 g/mol. The summed E-state index contributed by atoms with van der Waals surface area (Å²) in [5.41, 5.74) is 3.18. The molecule has 1 N–H and O–H groups in total. The van der Waals surface area contributed by atoms with E-state index in [-0.39, 0.29) is 11.6 Å². The van der Waals surface area contributed by atoms with Crippen LogP contribution in [0.5, 0.6) is 0 Å². The molecule has 0 radical (unpaired) electrons. The number of thioether (sulfide) groups is 1. The second-order valence-corrected chi connectivity index (χ2v) is 7.61. The van der Waals surface area contributed by atoms with Crippen LogP contribution in [0.25, 0.3) is 5.69 Å². The Morgan fingerprint density at radius 1 is 1.15 bits per heavy atom. The molecule has 0 unspecified atom stereocenters. The van der Waals surface area contributed by atoms with Crippen molar-refractivity contribution < 1.29 is 13.6 Å². The zero-order chi connectivity index (χ0) is 19.6. The van der Waals surface area contributed by atoms with Crippen molar-refractivity contribution in [1.82, 2.24) is 9.55 Å². The van der Waals surface area contributed by atoms with Crippen molar-refractivity contribution in [2.45, 2.75) is 31.2 Å². The minimum Gasteiger partial charge on any atom is -0.323 e. The molecular formula is C20H19F2N3OS. The van der Waals surface area contributed by atoms with Gasteiger partial charge in [0.15, 0.2) is 5.16 Å². The number of amides is 1. The summed E-state index contributed by atoms with van der Waals surface area (Å²) in [7, 11) is 0. The summed E-state index contributed by atoms with van der Waals surface area (Å²) in [6.45, 7) is 5.75. The topological polar surface area (TPSA) is 46.9 Å². The smallest absolute Gasteiger partial charge is 0.237 e. The van der Waals surface area contributed by atoms with Crippen molar-refractivity contribution in [2.75, 3.05) is 5.32 Å². The van der Waals surface area contributed by atoms with E-state index >= 15 is 0 Å². The van der Waals surface area contributed by atoms with Crippen LogP contribution in [0.15, 0.2) is 53.9 Å². The van der Waals surface area contributed by atoms with E-state index in [1.807, 2.05) is 36.7 Å². The molecule has 0 aliphatic carbocycles. The number of nitrogens with one attached hydrogen (secondary N) is 1. The molecule has 0 bridgehead atoms. The SMILES string of the molecule is Cc1cc(C)cc(-n2ccnc2S[C@@H](C)C(=O)Nc2ccc(F)cc2F)c1. The molecule has 0 aliphatic heterocycles. The highest BCUT2D eigenvalue weighted by Gasteiger charge is 2.19. The molecule has 0 saturated heterocycles. The zero-order valence-electron chi connectivity index (χ0n) is 15.2. The average Bonchev–Trinajstić information content (AvgIpc) is 3.04. The van der Waals surface area contributed by atoms with Crippen LogP contribution in [0.4, 0.5) is 14.5 Å². The highest BCUT2D eigenvalue weighted by atomic mass is 32.2. The number of anilines is 1. The maximum absolute atomic E-state index is 13.7. The number of aromatic nitrogens is 2. The number of carbonyl (C=O) groups excluding carboxylic acids is 1. The lowest BCUT2D eigenvalue weighted by molar-refractivity contribution is -0.115. The monoisotopic (exact) mass is 387 g/mol. The fraction of sp³-hybridized carbons (Fsp3) is 0.200. The lowest BCUT2D eigenvalue weighted by atomic mass is 10.1. The van der Waals surface area contributed by atoms with Gasteiger partial charge in [-0.3, -0.25) is 9.36 Å². The van der Waals surface area contributed by atoms with Gasteiger partial charge in [0.2, 0.25) is 5.91 Å². The number of hydrogen-bond acceptors (Lipinski definition) is 3. The van der Waals surface area contributed by atoms with Crippen molar-refractivity contribution >= 4 is 23.4 Å². The minimum atomic E-state index is -0.808. The molecule has 1 heterocycles. The van der Waals surface area contributed by atoms with Crippen molar-refractivity contribution in [3.05, 3.63) is 71.6 Å². The Bertz CT molecular complexity index is 967. The van der Waals surface area contributed by atoms with Gasteiger partial charge in [-0.15, -0.1) is 0 Å². The first kappa shape index (κ1) is 19.1. The molecule has 0 saturated carbocycles. The molecule has 27 heavy (non-hydrogen) atoms. The normalized spacial score (nSPS) is 12.0. The first-order valence-corrected chi connectivity index (χ1v) is 9.26. The highest BCUT2D eigenvalue weighted by molar-refractivity contribution is 8.00. The third kappa shape index (κ3) is 4.54. The molecule has 1 atom stereocenters. The van der Waals surface area contributed by atoms with Gasteiger partial charge >= 0.3 is 0 Å². The Morgan fingerprint density at radius 2 is 1.85 bits per heavy atom. The second kappa shape index (κ2) is 7.92. The van der Waals surface area contributed by atoms with Crippen molar-refractivity contribution in [2.24, 2.45) is 0 Å². The van der Waals surface area contributed by atoms with Gasteiger partial charge in [-0.2, -0.15) is 0 Å². The van der Waals surface area contributed by atoms with E-state index in [4.69, 9.17) is 0 Å². The Labute approximate surface area is 160 Å². The maximum Gasteiger partial charge on any atom is 0.237 e. The molecule has 4 nitrogen and oxygen atoms in total. The van der Waals surface area contributed by atoms with Gasteiger partial charge in [0.05, 0.1) is 10.9 Å². The van der Waals surface area contributed by atoms with Gasteiger partial charge < -0.3 is 5.32 Å². The molecule has 0 spiro atoms. The lowest BCUT2D eigenvalue weighted by Gasteiger charge is -2.14. The number of halogens is 2. The first-order chi connectivity index (χ1) is 12.8. The van der Waals surface area contributed by atoms with Gasteiger partial charge in [0.1, 0.15) is 11.6 Å². The highest BCUT2D eigenvalue weighted by Crippen LogP contribution is 2.26. The van der Waals surface area contributed by atoms with Crippen LogP contribution in [0.2, 0.25) is 0 Å². The molecule has 3 aromatic rings. The van der Waals surface area contributed by atoms with Crippen LogP contribution in [0.3, 0.4) is 0 Å². The third-order valence-electron chi connectivity index (χ3n) is 3.93. The average molecular weight is 387 g/mol. The van der Waals surface area contributed by atoms with Crippen LogP contribution in [0.1, 0.15) is 18.1 Å². The van der Waals surface area contributed by atoms with Crippen molar-refractivity contribution in [1.29, 1.82) is 0 Å². The second-order valence-electron chi connectivity index (χ2n) is 6.30. The molecule has 7 heteroatoms. The standard InChI is InChI=1S/C20H19F2N3OS/c1-12-8-13(2)10-16(9-12)25-7-6-23-20(25)27-14(3)19(26)24-18-5-4-15(21)11-17(18)22/h4-11,14H,1-3H3,(H,24,26)/t14-/m0/s1. The fourth-order valence-corrected chi connectivity index (χ4v) is 3.58. The molecule has 1 amide bonds. The summed E-state index contributed by atoms with van der Waals surface area (Å²) in [5, 5.41) is 2.62. The summed E-state index contributed by atoms with van der Waals surface area (Å²) < 4.78 is 28.6. The number of hydrogen-bond donors (Lipinski definition) is 1. The summed E-state index contributed by atoms with van der Waals surface area (Å²) in [6.07, 6.45) is 3.51. The number of carbonyl (C=O) groups is 1. The molecule has 3 rings (SSSR count). The number of aryl methyl sites for hydroxylation is 2. The van der Waals surface area contributed by atoms with Crippen LogP contribution in [-0.2, 0) is 4.79 Å². The summed E-state index contributed by atoms with van der Waals surface area (Å²) in [6, 6.07) is 9.20. The van der Waals surface area contributed by atoms with E-state index in [0.29, 0.717) is 5.16 Å². The molecule has 0 aliphatic rings. The van der Waals surface area contributed by atoms with Gasteiger partial charge in [0, 0.05) is 24.1 Å². The van der Waals surface area contributed by atoms with Gasteiger partial charge in [0.25, 0.3) is 0 Å². The molecule has 2 aromatic carbocycles. The molecule has 0 fully saturated rings. The van der Waals surface area contributed by atoms with E-state index in [1.165, 1.54) is 17.8 Å². The Hall–Kier alpha value is -2.67. The zero-order valence-corrected chi connectivity index (χ0v) is 16.0.